The Balaban J connectivity index is 2.18. The molecule has 0 saturated heterocycles. The molecule has 2 aromatic carbocycles. The highest BCUT2D eigenvalue weighted by Gasteiger charge is 2.25. The molecule has 136 valence electrons. The lowest BCUT2D eigenvalue weighted by molar-refractivity contribution is -0.119. The fourth-order valence-corrected chi connectivity index (χ4v) is 3.13. The molecule has 3 rings (SSSR count). The number of hydrogen-bond acceptors (Lipinski definition) is 4. The standard InChI is InChI=1S/C20H22N2O4/c1-12(23)21-18(16-11-13-7-5-6-8-15(13)22-16)14-9-10-17(24-2)20(26-4)19(14)25-3/h5-11,18,22H,1-4H3,(H,21,23). The topological polar surface area (TPSA) is 72.6 Å². The molecular formula is C20H22N2O4. The van der Waals surface area contributed by atoms with Crippen LogP contribution in [0.2, 0.25) is 0 Å². The monoisotopic (exact) mass is 354 g/mol. The summed E-state index contributed by atoms with van der Waals surface area (Å²) in [5.74, 6) is 1.42. The molecule has 6 nitrogen and oxygen atoms in total. The van der Waals surface area contributed by atoms with Gasteiger partial charge in [-0.2, -0.15) is 0 Å². The molecule has 0 fully saturated rings. The molecular weight excluding hydrogens is 332 g/mol. The van der Waals surface area contributed by atoms with Crippen LogP contribution >= 0.6 is 0 Å². The van der Waals surface area contributed by atoms with Gasteiger partial charge in [0.05, 0.1) is 27.4 Å². The van der Waals surface area contributed by atoms with Gasteiger partial charge in [-0.3, -0.25) is 4.79 Å². The van der Waals surface area contributed by atoms with Crippen LogP contribution in [-0.2, 0) is 4.79 Å². The Morgan fingerprint density at radius 3 is 2.35 bits per heavy atom. The summed E-state index contributed by atoms with van der Waals surface area (Å²) in [6, 6.07) is 13.2. The summed E-state index contributed by atoms with van der Waals surface area (Å²) in [6.45, 7) is 1.49. The summed E-state index contributed by atoms with van der Waals surface area (Å²) in [6.07, 6.45) is 0. The Morgan fingerprint density at radius 2 is 1.73 bits per heavy atom. The summed E-state index contributed by atoms with van der Waals surface area (Å²) < 4.78 is 16.4. The summed E-state index contributed by atoms with van der Waals surface area (Å²) in [5, 5.41) is 4.06. The molecule has 6 heteroatoms. The quantitative estimate of drug-likeness (QED) is 0.711. The van der Waals surface area contributed by atoms with Crippen molar-refractivity contribution in [1.29, 1.82) is 0 Å². The van der Waals surface area contributed by atoms with Gasteiger partial charge in [-0.25, -0.2) is 0 Å². The van der Waals surface area contributed by atoms with Crippen molar-refractivity contribution in [3.63, 3.8) is 0 Å². The van der Waals surface area contributed by atoms with Crippen LogP contribution in [0.25, 0.3) is 10.9 Å². The van der Waals surface area contributed by atoms with Gasteiger partial charge in [-0.05, 0) is 29.7 Å². The predicted octanol–water partition coefficient (Wildman–Crippen LogP) is 3.42. The number of aromatic amines is 1. The van der Waals surface area contributed by atoms with Gasteiger partial charge in [0.15, 0.2) is 11.5 Å². The van der Waals surface area contributed by atoms with Gasteiger partial charge in [0.25, 0.3) is 0 Å². The SMILES string of the molecule is COc1ccc(C(NC(C)=O)c2cc3ccccc3[nH]2)c(OC)c1OC. The van der Waals surface area contributed by atoms with E-state index in [0.29, 0.717) is 17.2 Å². The van der Waals surface area contributed by atoms with Crippen molar-refractivity contribution >= 4 is 16.8 Å². The molecule has 0 aliphatic heterocycles. The maximum absolute atomic E-state index is 11.9. The lowest BCUT2D eigenvalue weighted by Crippen LogP contribution is -2.27. The van der Waals surface area contributed by atoms with Crippen LogP contribution in [0.3, 0.4) is 0 Å². The molecule has 1 amide bonds. The van der Waals surface area contributed by atoms with E-state index in [2.05, 4.69) is 10.3 Å². The van der Waals surface area contributed by atoms with E-state index < -0.39 is 6.04 Å². The largest absolute Gasteiger partial charge is 0.493 e. The van der Waals surface area contributed by atoms with Crippen molar-refractivity contribution in [2.75, 3.05) is 21.3 Å². The molecule has 0 spiro atoms. The Bertz CT molecular complexity index is 900. The molecule has 1 atom stereocenters. The number of carbonyl (C=O) groups excluding carboxylic acids is 1. The smallest absolute Gasteiger partial charge is 0.217 e. The first kappa shape index (κ1) is 17.7. The zero-order valence-corrected chi connectivity index (χ0v) is 15.3. The number of para-hydroxylation sites is 1. The van der Waals surface area contributed by atoms with E-state index in [4.69, 9.17) is 14.2 Å². The van der Waals surface area contributed by atoms with E-state index in [1.165, 1.54) is 6.92 Å². The number of nitrogens with one attached hydrogen (secondary N) is 2. The molecule has 0 aliphatic rings. The second kappa shape index (κ2) is 7.39. The summed E-state index contributed by atoms with van der Waals surface area (Å²) in [7, 11) is 4.69. The van der Waals surface area contributed by atoms with Crippen LogP contribution in [-0.4, -0.2) is 32.2 Å². The normalized spacial score (nSPS) is 11.8. The van der Waals surface area contributed by atoms with E-state index in [9.17, 15) is 4.79 Å². The van der Waals surface area contributed by atoms with E-state index in [1.54, 1.807) is 27.4 Å². The van der Waals surface area contributed by atoms with Crippen molar-refractivity contribution in [1.82, 2.24) is 10.3 Å². The van der Waals surface area contributed by atoms with Crippen molar-refractivity contribution < 1.29 is 19.0 Å². The fraction of sp³-hybridized carbons (Fsp3) is 0.250. The van der Waals surface area contributed by atoms with E-state index >= 15 is 0 Å². The Labute approximate surface area is 152 Å². The maximum Gasteiger partial charge on any atom is 0.217 e. The average molecular weight is 354 g/mol. The minimum absolute atomic E-state index is 0.148. The predicted molar refractivity (Wildman–Crippen MR) is 100 cm³/mol. The number of methoxy groups -OCH3 is 3. The van der Waals surface area contributed by atoms with Crippen LogP contribution in [0.5, 0.6) is 17.2 Å². The van der Waals surface area contributed by atoms with Gasteiger partial charge in [0.1, 0.15) is 0 Å². The van der Waals surface area contributed by atoms with Crippen molar-refractivity contribution in [2.24, 2.45) is 0 Å². The number of benzene rings is 2. The maximum atomic E-state index is 11.9. The molecule has 1 aromatic heterocycles. The minimum atomic E-state index is -0.422. The van der Waals surface area contributed by atoms with Gasteiger partial charge in [0, 0.05) is 23.7 Å². The molecule has 0 radical (unpaired) electrons. The number of rotatable bonds is 6. The lowest BCUT2D eigenvalue weighted by Gasteiger charge is -2.22. The van der Waals surface area contributed by atoms with Crippen LogP contribution < -0.4 is 19.5 Å². The highest BCUT2D eigenvalue weighted by atomic mass is 16.5. The number of carbonyl (C=O) groups is 1. The molecule has 3 aromatic rings. The zero-order chi connectivity index (χ0) is 18.7. The second-order valence-electron chi connectivity index (χ2n) is 5.87. The van der Waals surface area contributed by atoms with Crippen LogP contribution in [0.15, 0.2) is 42.5 Å². The lowest BCUT2D eigenvalue weighted by atomic mass is 10.0. The van der Waals surface area contributed by atoms with Gasteiger partial charge >= 0.3 is 0 Å². The molecule has 1 heterocycles. The number of aromatic nitrogens is 1. The molecule has 1 unspecified atom stereocenters. The van der Waals surface area contributed by atoms with Gasteiger partial charge in [-0.15, -0.1) is 0 Å². The van der Waals surface area contributed by atoms with Crippen molar-refractivity contribution in [3.05, 3.63) is 53.7 Å². The van der Waals surface area contributed by atoms with Gasteiger partial charge in [-0.1, -0.05) is 18.2 Å². The zero-order valence-electron chi connectivity index (χ0n) is 15.3. The number of amides is 1. The Morgan fingerprint density at radius 1 is 1.00 bits per heavy atom. The highest BCUT2D eigenvalue weighted by Crippen LogP contribution is 2.43. The van der Waals surface area contributed by atoms with E-state index in [-0.39, 0.29) is 5.91 Å². The van der Waals surface area contributed by atoms with E-state index in [0.717, 1.165) is 22.2 Å². The molecule has 26 heavy (non-hydrogen) atoms. The van der Waals surface area contributed by atoms with Crippen LogP contribution in [0, 0.1) is 0 Å². The Hall–Kier alpha value is -3.15. The third kappa shape index (κ3) is 3.18. The number of fused-ring (bicyclic) bond motifs is 1. The molecule has 2 N–H and O–H groups in total. The third-order valence-corrected chi connectivity index (χ3v) is 4.26. The summed E-state index contributed by atoms with van der Waals surface area (Å²) >= 11 is 0. The fourth-order valence-electron chi connectivity index (χ4n) is 3.13. The average Bonchev–Trinajstić information content (AvgIpc) is 3.08. The van der Waals surface area contributed by atoms with Crippen LogP contribution in [0.1, 0.15) is 24.2 Å². The second-order valence-corrected chi connectivity index (χ2v) is 5.87. The first-order valence-electron chi connectivity index (χ1n) is 8.22. The van der Waals surface area contributed by atoms with Crippen LogP contribution in [0.4, 0.5) is 0 Å². The first-order valence-corrected chi connectivity index (χ1v) is 8.22. The molecule has 0 aliphatic carbocycles. The third-order valence-electron chi connectivity index (χ3n) is 4.26. The van der Waals surface area contributed by atoms with Crippen molar-refractivity contribution in [3.8, 4) is 17.2 Å². The molecule has 0 bridgehead atoms. The summed E-state index contributed by atoms with van der Waals surface area (Å²) in [4.78, 5) is 15.2. The first-order chi connectivity index (χ1) is 12.6. The number of ether oxygens (including phenoxy) is 3. The summed E-state index contributed by atoms with van der Waals surface area (Å²) in [5.41, 5.74) is 2.62. The highest BCUT2D eigenvalue weighted by molar-refractivity contribution is 5.81. The Kier molecular flexibility index (Phi) is 5.02. The van der Waals surface area contributed by atoms with Gasteiger partial charge in [0.2, 0.25) is 11.7 Å². The molecule has 0 saturated carbocycles. The van der Waals surface area contributed by atoms with E-state index in [1.807, 2.05) is 36.4 Å². The minimum Gasteiger partial charge on any atom is -0.493 e. The number of H-pyrrole nitrogens is 1. The van der Waals surface area contributed by atoms with Crippen molar-refractivity contribution in [2.45, 2.75) is 13.0 Å². The van der Waals surface area contributed by atoms with Gasteiger partial charge < -0.3 is 24.5 Å². The number of hydrogen-bond donors (Lipinski definition) is 2.